The van der Waals surface area contributed by atoms with Gasteiger partial charge in [0.2, 0.25) is 5.91 Å². The first-order chi connectivity index (χ1) is 13.6. The number of carbonyl (C=O) groups is 1. The van der Waals surface area contributed by atoms with Gasteiger partial charge in [-0.1, -0.05) is 18.2 Å². The highest BCUT2D eigenvalue weighted by Gasteiger charge is 2.24. The van der Waals surface area contributed by atoms with Crippen LogP contribution in [0.2, 0.25) is 0 Å². The topological polar surface area (TPSA) is 98.6 Å². The van der Waals surface area contributed by atoms with Crippen LogP contribution in [0.1, 0.15) is 22.5 Å². The van der Waals surface area contributed by atoms with Crippen LogP contribution >= 0.6 is 0 Å². The van der Waals surface area contributed by atoms with Gasteiger partial charge in [-0.3, -0.25) is 4.79 Å². The Balaban J connectivity index is 1.54. The molecule has 0 fully saturated rings. The molecule has 0 spiro atoms. The number of amides is 1. The van der Waals surface area contributed by atoms with E-state index in [1.807, 2.05) is 30.3 Å². The van der Waals surface area contributed by atoms with Crippen LogP contribution < -0.4 is 0 Å². The quantitative estimate of drug-likeness (QED) is 0.703. The van der Waals surface area contributed by atoms with E-state index in [-0.39, 0.29) is 23.8 Å². The van der Waals surface area contributed by atoms with Gasteiger partial charge in [0.1, 0.15) is 24.8 Å². The molecule has 1 aliphatic rings. The summed E-state index contributed by atoms with van der Waals surface area (Å²) in [6.07, 6.45) is 1.36. The smallest absolute Gasteiger partial charge is 0.252 e. The van der Waals surface area contributed by atoms with Crippen molar-refractivity contribution in [3.05, 3.63) is 71.1 Å². The number of rotatable bonds is 3. The van der Waals surface area contributed by atoms with Crippen LogP contribution in [0.4, 0.5) is 4.39 Å². The second-order valence-electron chi connectivity index (χ2n) is 6.41. The van der Waals surface area contributed by atoms with Crippen molar-refractivity contribution in [3.63, 3.8) is 0 Å². The van der Waals surface area contributed by atoms with Gasteiger partial charge in [0.05, 0.1) is 11.6 Å². The molecule has 0 saturated carbocycles. The van der Waals surface area contributed by atoms with Crippen molar-refractivity contribution in [2.24, 2.45) is 0 Å². The summed E-state index contributed by atoms with van der Waals surface area (Å²) in [5.74, 6) is -0.563. The predicted octanol–water partition coefficient (Wildman–Crippen LogP) is 2.37. The molecule has 4 rings (SSSR count). The normalized spacial score (nSPS) is 12.3. The van der Waals surface area contributed by atoms with Gasteiger partial charge in [-0.15, -0.1) is 5.10 Å². The lowest BCUT2D eigenvalue weighted by atomic mass is 9.97. The van der Waals surface area contributed by atoms with Gasteiger partial charge in [-0.05, 0) is 40.5 Å². The van der Waals surface area contributed by atoms with Crippen molar-refractivity contribution in [1.29, 1.82) is 10.5 Å². The number of nitrogens with zero attached hydrogens (tertiary/aromatic N) is 6. The van der Waals surface area contributed by atoms with E-state index >= 15 is 0 Å². The van der Waals surface area contributed by atoms with Crippen LogP contribution in [0.25, 0.3) is 11.1 Å². The minimum absolute atomic E-state index is 0.00602. The average Bonchev–Trinajstić information content (AvgIpc) is 3.33. The van der Waals surface area contributed by atoms with E-state index in [4.69, 9.17) is 5.26 Å². The molecular weight excluding hydrogens is 359 g/mol. The second kappa shape index (κ2) is 6.93. The fourth-order valence-corrected chi connectivity index (χ4v) is 3.26. The molecule has 136 valence electrons. The predicted molar refractivity (Wildman–Crippen MR) is 95.5 cm³/mol. The minimum atomic E-state index is -0.453. The zero-order valence-corrected chi connectivity index (χ0v) is 14.6. The fourth-order valence-electron chi connectivity index (χ4n) is 3.26. The van der Waals surface area contributed by atoms with Gasteiger partial charge >= 0.3 is 0 Å². The zero-order valence-electron chi connectivity index (χ0n) is 14.6. The summed E-state index contributed by atoms with van der Waals surface area (Å²) >= 11 is 0. The Morgan fingerprint density at radius 1 is 1.11 bits per heavy atom. The van der Waals surface area contributed by atoms with Crippen molar-refractivity contribution in [2.75, 3.05) is 0 Å². The number of halogens is 1. The van der Waals surface area contributed by atoms with E-state index in [0.717, 1.165) is 16.7 Å². The molecule has 28 heavy (non-hydrogen) atoms. The van der Waals surface area contributed by atoms with Crippen LogP contribution in [0.3, 0.4) is 0 Å². The van der Waals surface area contributed by atoms with Crippen LogP contribution in [-0.4, -0.2) is 25.6 Å². The van der Waals surface area contributed by atoms with Crippen LogP contribution in [0, 0.1) is 28.5 Å². The molecule has 0 saturated heterocycles. The summed E-state index contributed by atoms with van der Waals surface area (Å²) in [5, 5.41) is 21.9. The van der Waals surface area contributed by atoms with Crippen molar-refractivity contribution in [3.8, 4) is 23.3 Å². The molecule has 1 aromatic heterocycles. The first-order valence-corrected chi connectivity index (χ1v) is 8.46. The second-order valence-corrected chi connectivity index (χ2v) is 6.41. The molecule has 0 unspecified atom stereocenters. The standard InChI is InChI=1S/C20H13FN6O/c21-17-3-4-18(15(6-17)7-22)13-1-2-14-9-26(10-16(14)5-13)20(28)11-27-12-24-19(8-23)25-27/h1-6,12H,9-11H2. The molecule has 2 aromatic carbocycles. The number of carbonyl (C=O) groups excluding carboxylic acids is 1. The Labute approximate surface area is 159 Å². The highest BCUT2D eigenvalue weighted by Crippen LogP contribution is 2.30. The molecule has 2 heterocycles. The molecule has 0 bridgehead atoms. The molecule has 0 aliphatic carbocycles. The third-order valence-electron chi connectivity index (χ3n) is 4.63. The molecule has 0 radical (unpaired) electrons. The highest BCUT2D eigenvalue weighted by atomic mass is 19.1. The Hall–Kier alpha value is -4.04. The van der Waals surface area contributed by atoms with Crippen LogP contribution in [-0.2, 0) is 24.4 Å². The minimum Gasteiger partial charge on any atom is -0.332 e. The Morgan fingerprint density at radius 3 is 2.68 bits per heavy atom. The summed E-state index contributed by atoms with van der Waals surface area (Å²) < 4.78 is 14.7. The molecule has 7 nitrogen and oxygen atoms in total. The lowest BCUT2D eigenvalue weighted by Crippen LogP contribution is -2.29. The number of fused-ring (bicyclic) bond motifs is 1. The molecular formula is C20H13FN6O. The summed E-state index contributed by atoms with van der Waals surface area (Å²) in [4.78, 5) is 18.0. The summed E-state index contributed by atoms with van der Waals surface area (Å²) in [6.45, 7) is 0.916. The van der Waals surface area contributed by atoms with E-state index < -0.39 is 5.82 Å². The van der Waals surface area contributed by atoms with Gasteiger partial charge in [-0.25, -0.2) is 14.1 Å². The van der Waals surface area contributed by atoms with E-state index in [1.165, 1.54) is 23.1 Å². The Bertz CT molecular complexity index is 1170. The fraction of sp³-hybridized carbons (Fsp3) is 0.150. The molecule has 1 amide bonds. The van der Waals surface area contributed by atoms with Crippen LogP contribution in [0.5, 0.6) is 0 Å². The number of nitriles is 2. The van der Waals surface area contributed by atoms with Gasteiger partial charge in [0.15, 0.2) is 0 Å². The SMILES string of the molecule is N#Cc1ncn(CC(=O)N2Cc3ccc(-c4ccc(F)cc4C#N)cc3C2)n1. The van der Waals surface area contributed by atoms with Gasteiger partial charge in [-0.2, -0.15) is 10.5 Å². The molecule has 8 heteroatoms. The summed E-state index contributed by atoms with van der Waals surface area (Å²) in [7, 11) is 0. The van der Waals surface area contributed by atoms with E-state index in [9.17, 15) is 14.4 Å². The van der Waals surface area contributed by atoms with Crippen molar-refractivity contribution < 1.29 is 9.18 Å². The highest BCUT2D eigenvalue weighted by molar-refractivity contribution is 5.77. The number of aromatic nitrogens is 3. The lowest BCUT2D eigenvalue weighted by molar-refractivity contribution is -0.132. The monoisotopic (exact) mass is 372 g/mol. The average molecular weight is 372 g/mol. The maximum Gasteiger partial charge on any atom is 0.252 e. The van der Waals surface area contributed by atoms with E-state index in [1.54, 1.807) is 11.0 Å². The maximum atomic E-state index is 13.4. The first-order valence-electron chi connectivity index (χ1n) is 8.46. The molecule has 0 N–H and O–H groups in total. The summed E-state index contributed by atoms with van der Waals surface area (Å²) in [6, 6.07) is 13.7. The van der Waals surface area contributed by atoms with E-state index in [2.05, 4.69) is 10.1 Å². The molecule has 1 aliphatic heterocycles. The van der Waals surface area contributed by atoms with Crippen molar-refractivity contribution >= 4 is 5.91 Å². The largest absolute Gasteiger partial charge is 0.332 e. The van der Waals surface area contributed by atoms with E-state index in [0.29, 0.717) is 18.7 Å². The molecule has 0 atom stereocenters. The third-order valence-corrected chi connectivity index (χ3v) is 4.63. The van der Waals surface area contributed by atoms with Crippen molar-refractivity contribution in [2.45, 2.75) is 19.6 Å². The van der Waals surface area contributed by atoms with Crippen molar-refractivity contribution in [1.82, 2.24) is 19.7 Å². The van der Waals surface area contributed by atoms with Gasteiger partial charge < -0.3 is 4.90 Å². The lowest BCUT2D eigenvalue weighted by Gasteiger charge is -2.14. The number of hydrogen-bond donors (Lipinski definition) is 0. The Kier molecular flexibility index (Phi) is 4.30. The number of hydrogen-bond acceptors (Lipinski definition) is 5. The Morgan fingerprint density at radius 2 is 1.93 bits per heavy atom. The zero-order chi connectivity index (χ0) is 19.7. The van der Waals surface area contributed by atoms with Gasteiger partial charge in [0.25, 0.3) is 5.82 Å². The first kappa shape index (κ1) is 17.4. The molecule has 3 aromatic rings. The maximum absolute atomic E-state index is 13.4. The number of benzene rings is 2. The summed E-state index contributed by atoms with van der Waals surface area (Å²) in [5.41, 5.74) is 3.73. The van der Waals surface area contributed by atoms with Gasteiger partial charge in [0, 0.05) is 13.1 Å². The third kappa shape index (κ3) is 3.19. The van der Waals surface area contributed by atoms with Crippen LogP contribution in [0.15, 0.2) is 42.7 Å².